The van der Waals surface area contributed by atoms with Gasteiger partial charge in [-0.15, -0.1) is 10.2 Å². The first-order valence-corrected chi connectivity index (χ1v) is 7.74. The van der Waals surface area contributed by atoms with Crippen molar-refractivity contribution in [2.45, 2.75) is 17.0 Å². The van der Waals surface area contributed by atoms with E-state index in [-0.39, 0.29) is 11.3 Å². The second kappa shape index (κ2) is 7.52. The second-order valence-corrected chi connectivity index (χ2v) is 5.99. The largest absolute Gasteiger partial charge is 0.344 e. The van der Waals surface area contributed by atoms with Gasteiger partial charge in [-0.25, -0.2) is 0 Å². The lowest BCUT2D eigenvalue weighted by molar-refractivity contribution is 0.766. The molecule has 118 valence electrons. The molecule has 24 heavy (non-hydrogen) atoms. The smallest absolute Gasteiger partial charge is 0.195 e. The molecular weight excluding hydrogens is 346 g/mol. The van der Waals surface area contributed by atoms with Crippen molar-refractivity contribution in [3.05, 3.63) is 40.3 Å². The molecular formula is C15H10ClN7S. The highest BCUT2D eigenvalue weighted by molar-refractivity contribution is 7.99. The predicted octanol–water partition coefficient (Wildman–Crippen LogP) is 3.16. The molecule has 1 heterocycles. The summed E-state index contributed by atoms with van der Waals surface area (Å²) < 4.78 is 1.82. The van der Waals surface area contributed by atoms with E-state index in [4.69, 9.17) is 22.1 Å². The minimum absolute atomic E-state index is 0.140. The lowest BCUT2D eigenvalue weighted by Gasteiger charge is -2.11. The summed E-state index contributed by atoms with van der Waals surface area (Å²) in [6.07, 6.45) is 0. The van der Waals surface area contributed by atoms with Gasteiger partial charge in [-0.1, -0.05) is 11.6 Å². The lowest BCUT2D eigenvalue weighted by atomic mass is 10.2. The monoisotopic (exact) mass is 355 g/mol. The zero-order valence-electron chi connectivity index (χ0n) is 12.7. The number of aromatic nitrogens is 3. The Hall–Kier alpha value is -2.99. The van der Waals surface area contributed by atoms with E-state index >= 15 is 0 Å². The number of nitrogens with one attached hydrogen (secondary N) is 1. The van der Waals surface area contributed by atoms with Crippen LogP contribution >= 0.6 is 23.4 Å². The molecule has 1 aromatic carbocycles. The molecule has 0 atom stereocenters. The van der Waals surface area contributed by atoms with E-state index in [0.29, 0.717) is 15.9 Å². The van der Waals surface area contributed by atoms with Gasteiger partial charge in [0.1, 0.15) is 29.7 Å². The van der Waals surface area contributed by atoms with Crippen molar-refractivity contribution < 1.29 is 0 Å². The van der Waals surface area contributed by atoms with Crippen molar-refractivity contribution in [3.8, 4) is 18.2 Å². The first-order valence-electron chi connectivity index (χ1n) is 6.55. The van der Waals surface area contributed by atoms with Crippen LogP contribution in [-0.2, 0) is 7.05 Å². The van der Waals surface area contributed by atoms with Crippen LogP contribution in [0.15, 0.2) is 39.5 Å². The Morgan fingerprint density at radius 1 is 1.21 bits per heavy atom. The van der Waals surface area contributed by atoms with Crippen molar-refractivity contribution >= 4 is 29.1 Å². The van der Waals surface area contributed by atoms with Crippen LogP contribution in [0, 0.1) is 40.9 Å². The van der Waals surface area contributed by atoms with Crippen LogP contribution in [0.25, 0.3) is 0 Å². The molecule has 0 radical (unpaired) electrons. The van der Waals surface area contributed by atoms with Crippen LogP contribution in [0.4, 0.5) is 5.69 Å². The van der Waals surface area contributed by atoms with Gasteiger partial charge in [0.15, 0.2) is 10.7 Å². The summed E-state index contributed by atoms with van der Waals surface area (Å²) in [6.45, 7) is 1.83. The topological polar surface area (TPSA) is 114 Å². The molecule has 7 nitrogen and oxygen atoms in total. The summed E-state index contributed by atoms with van der Waals surface area (Å²) in [5.74, 6) is 0.759. The molecule has 2 aromatic rings. The summed E-state index contributed by atoms with van der Waals surface area (Å²) in [6, 6.07) is 10.3. The average molecular weight is 356 g/mol. The van der Waals surface area contributed by atoms with Crippen LogP contribution in [0.3, 0.4) is 0 Å². The van der Waals surface area contributed by atoms with E-state index in [9.17, 15) is 5.26 Å². The number of halogens is 1. The molecule has 1 aromatic heterocycles. The SMILES string of the molecule is Cc1nnc(Sc2ccc(Cl)cc2NC(C#N)=C(C#N)C#N)n1C. The summed E-state index contributed by atoms with van der Waals surface area (Å²) in [7, 11) is 1.84. The molecule has 0 saturated heterocycles. The third-order valence-electron chi connectivity index (χ3n) is 3.04. The molecule has 0 aliphatic carbocycles. The van der Waals surface area contributed by atoms with Crippen molar-refractivity contribution in [1.82, 2.24) is 14.8 Å². The Balaban J connectivity index is 2.44. The molecule has 0 aliphatic heterocycles. The van der Waals surface area contributed by atoms with E-state index < -0.39 is 0 Å². The normalized spacial score (nSPS) is 9.50. The van der Waals surface area contributed by atoms with Crippen molar-refractivity contribution in [2.24, 2.45) is 7.05 Å². The van der Waals surface area contributed by atoms with Gasteiger partial charge in [0.25, 0.3) is 0 Å². The van der Waals surface area contributed by atoms with Gasteiger partial charge in [0, 0.05) is 17.0 Å². The number of benzene rings is 1. The number of allylic oxidation sites excluding steroid dienone is 2. The molecule has 0 spiro atoms. The van der Waals surface area contributed by atoms with E-state index in [1.54, 1.807) is 30.3 Å². The number of hydrogen-bond acceptors (Lipinski definition) is 7. The number of anilines is 1. The summed E-state index contributed by atoms with van der Waals surface area (Å²) in [4.78, 5) is 0.720. The van der Waals surface area contributed by atoms with Crippen LogP contribution in [0.5, 0.6) is 0 Å². The highest BCUT2D eigenvalue weighted by Gasteiger charge is 2.14. The van der Waals surface area contributed by atoms with Gasteiger partial charge in [-0.05, 0) is 36.9 Å². The van der Waals surface area contributed by atoms with Crippen molar-refractivity contribution in [3.63, 3.8) is 0 Å². The van der Waals surface area contributed by atoms with Crippen LogP contribution in [0.2, 0.25) is 5.02 Å². The molecule has 1 N–H and O–H groups in total. The van der Waals surface area contributed by atoms with E-state index in [1.165, 1.54) is 11.8 Å². The Morgan fingerprint density at radius 2 is 1.92 bits per heavy atom. The minimum atomic E-state index is -0.303. The molecule has 0 aliphatic rings. The first-order chi connectivity index (χ1) is 11.5. The number of hydrogen-bond donors (Lipinski definition) is 1. The zero-order valence-corrected chi connectivity index (χ0v) is 14.3. The number of rotatable bonds is 4. The van der Waals surface area contributed by atoms with Crippen LogP contribution < -0.4 is 5.32 Å². The maximum Gasteiger partial charge on any atom is 0.195 e. The Kier molecular flexibility index (Phi) is 5.44. The standard InChI is InChI=1S/C15H10ClN7S/c1-9-21-22-15(23(9)2)24-14-4-3-11(16)5-12(14)20-13(8-19)10(6-17)7-18/h3-5,20H,1-2H3. The highest BCUT2D eigenvalue weighted by atomic mass is 35.5. The summed E-state index contributed by atoms with van der Waals surface area (Å²) >= 11 is 7.34. The predicted molar refractivity (Wildman–Crippen MR) is 88.8 cm³/mol. The Morgan fingerprint density at radius 3 is 2.46 bits per heavy atom. The summed E-state index contributed by atoms with van der Waals surface area (Å²) in [5.41, 5.74) is 0.0499. The molecule has 0 fully saturated rings. The third-order valence-corrected chi connectivity index (χ3v) is 4.39. The van der Waals surface area contributed by atoms with Gasteiger partial charge in [-0.2, -0.15) is 15.8 Å². The highest BCUT2D eigenvalue weighted by Crippen LogP contribution is 2.35. The Labute approximate surface area is 147 Å². The fourth-order valence-corrected chi connectivity index (χ4v) is 2.76. The van der Waals surface area contributed by atoms with Crippen LogP contribution in [0.1, 0.15) is 5.82 Å². The second-order valence-electron chi connectivity index (χ2n) is 4.54. The number of aryl methyl sites for hydroxylation is 1. The minimum Gasteiger partial charge on any atom is -0.344 e. The number of nitrogens with zero attached hydrogens (tertiary/aromatic N) is 6. The molecule has 0 amide bonds. The lowest BCUT2D eigenvalue weighted by Crippen LogP contribution is -2.02. The fraction of sp³-hybridized carbons (Fsp3) is 0.133. The first kappa shape index (κ1) is 17.4. The third kappa shape index (κ3) is 3.67. The van der Waals surface area contributed by atoms with Crippen LogP contribution in [-0.4, -0.2) is 14.8 Å². The molecule has 0 unspecified atom stereocenters. The molecule has 0 saturated carbocycles. The quantitative estimate of drug-likeness (QED) is 0.837. The van der Waals surface area contributed by atoms with Crippen molar-refractivity contribution in [2.75, 3.05) is 5.32 Å². The average Bonchev–Trinajstić information content (AvgIpc) is 2.89. The molecule has 9 heteroatoms. The number of nitriles is 3. The zero-order chi connectivity index (χ0) is 17.7. The fourth-order valence-electron chi connectivity index (χ4n) is 1.68. The van der Waals surface area contributed by atoms with Gasteiger partial charge in [0.2, 0.25) is 0 Å². The maximum atomic E-state index is 9.18. The summed E-state index contributed by atoms with van der Waals surface area (Å²) in [5, 5.41) is 39.0. The van der Waals surface area contributed by atoms with Gasteiger partial charge in [0.05, 0.1) is 5.69 Å². The Bertz CT molecular complexity index is 924. The van der Waals surface area contributed by atoms with Gasteiger partial charge >= 0.3 is 0 Å². The van der Waals surface area contributed by atoms with E-state index in [1.807, 2.05) is 24.6 Å². The molecule has 0 bridgehead atoms. The van der Waals surface area contributed by atoms with Gasteiger partial charge in [-0.3, -0.25) is 0 Å². The maximum absolute atomic E-state index is 9.18. The molecule has 2 rings (SSSR count). The van der Waals surface area contributed by atoms with Crippen molar-refractivity contribution in [1.29, 1.82) is 15.8 Å². The van der Waals surface area contributed by atoms with Gasteiger partial charge < -0.3 is 9.88 Å². The van der Waals surface area contributed by atoms with E-state index in [2.05, 4.69) is 15.5 Å². The van der Waals surface area contributed by atoms with E-state index in [0.717, 1.165) is 10.7 Å².